The van der Waals surface area contributed by atoms with Crippen molar-refractivity contribution in [2.45, 2.75) is 51.7 Å². The van der Waals surface area contributed by atoms with E-state index in [4.69, 9.17) is 9.47 Å². The number of methoxy groups -OCH3 is 1. The van der Waals surface area contributed by atoms with Crippen molar-refractivity contribution in [2.24, 2.45) is 0 Å². The van der Waals surface area contributed by atoms with Crippen LogP contribution >= 0.6 is 0 Å². The van der Waals surface area contributed by atoms with E-state index in [2.05, 4.69) is 15.7 Å². The number of benzene rings is 1. The minimum atomic E-state index is -3.12. The fraction of sp³-hybridized carbons (Fsp3) is 0.400. The molecule has 4 rings (SSSR count). The molecule has 1 fully saturated rings. The monoisotopic (exact) mass is 486 g/mol. The average Bonchev–Trinajstić information content (AvgIpc) is 3.52. The molecule has 0 atom stereocenters. The molecule has 1 aliphatic carbocycles. The summed E-state index contributed by atoms with van der Waals surface area (Å²) in [5, 5.41) is 10.0. The Hall–Kier alpha value is -3.69. The third-order valence-electron chi connectivity index (χ3n) is 6.10. The molecule has 0 radical (unpaired) electrons. The molecule has 35 heavy (non-hydrogen) atoms. The standard InChI is InChI=1S/C25H28F2N4O4/c1-5-28-23(33)25(2,3)15-6-9-18-17(12-29-31(18)13-15)14-10-19(34-4)21(20(11-14)35-24(26)27)22(32)30-16-7-8-16/h6,9-13,16,24H,5,7-8H2,1-4H3,(H,28,33)(H,30,32). The van der Waals surface area contributed by atoms with Crippen molar-refractivity contribution in [3.8, 4) is 22.6 Å². The van der Waals surface area contributed by atoms with E-state index in [9.17, 15) is 18.4 Å². The van der Waals surface area contributed by atoms with E-state index < -0.39 is 17.9 Å². The highest BCUT2D eigenvalue weighted by molar-refractivity contribution is 6.01. The zero-order valence-electron chi connectivity index (χ0n) is 20.0. The maximum absolute atomic E-state index is 13.2. The van der Waals surface area contributed by atoms with Gasteiger partial charge in [-0.25, -0.2) is 4.52 Å². The first-order chi connectivity index (χ1) is 16.6. The van der Waals surface area contributed by atoms with Crippen molar-refractivity contribution in [3.63, 3.8) is 0 Å². The highest BCUT2D eigenvalue weighted by atomic mass is 19.3. The third-order valence-corrected chi connectivity index (χ3v) is 6.10. The van der Waals surface area contributed by atoms with E-state index in [1.807, 2.05) is 32.9 Å². The normalized spacial score (nSPS) is 13.7. The topological polar surface area (TPSA) is 94.0 Å². The average molecular weight is 487 g/mol. The summed E-state index contributed by atoms with van der Waals surface area (Å²) in [4.78, 5) is 25.3. The summed E-state index contributed by atoms with van der Waals surface area (Å²) < 4.78 is 38.2. The molecule has 0 aliphatic heterocycles. The number of carbonyl (C=O) groups is 2. The Morgan fingerprint density at radius 1 is 1.23 bits per heavy atom. The highest BCUT2D eigenvalue weighted by Crippen LogP contribution is 2.38. The molecular formula is C25H28F2N4O4. The van der Waals surface area contributed by atoms with E-state index in [0.29, 0.717) is 23.2 Å². The minimum absolute atomic E-state index is 0.0313. The Labute approximate surface area is 201 Å². The number of aromatic nitrogens is 2. The fourth-order valence-corrected chi connectivity index (χ4v) is 3.89. The van der Waals surface area contributed by atoms with Crippen LogP contribution in [0.1, 0.15) is 49.5 Å². The van der Waals surface area contributed by atoms with Crippen LogP contribution in [0, 0.1) is 0 Å². The summed E-state index contributed by atoms with van der Waals surface area (Å²) in [6.45, 7) is 2.92. The molecule has 2 aromatic heterocycles. The largest absolute Gasteiger partial charge is 0.496 e. The zero-order chi connectivity index (χ0) is 25.3. The van der Waals surface area contributed by atoms with Crippen LogP contribution in [0.25, 0.3) is 16.6 Å². The lowest BCUT2D eigenvalue weighted by Gasteiger charge is -2.23. The Bertz CT molecular complexity index is 1270. The van der Waals surface area contributed by atoms with Crippen LogP contribution in [-0.2, 0) is 10.2 Å². The zero-order valence-corrected chi connectivity index (χ0v) is 20.0. The number of carbonyl (C=O) groups excluding carboxylic acids is 2. The van der Waals surface area contributed by atoms with Crippen LogP contribution in [0.3, 0.4) is 0 Å². The summed E-state index contributed by atoms with van der Waals surface area (Å²) in [6, 6.07) is 6.67. The molecule has 2 heterocycles. The van der Waals surface area contributed by atoms with Gasteiger partial charge in [0.1, 0.15) is 17.1 Å². The lowest BCUT2D eigenvalue weighted by Crippen LogP contribution is -2.40. The summed E-state index contributed by atoms with van der Waals surface area (Å²) >= 11 is 0. The summed E-state index contributed by atoms with van der Waals surface area (Å²) in [5.41, 5.74) is 1.70. The Balaban J connectivity index is 1.77. The van der Waals surface area contributed by atoms with Gasteiger partial charge in [-0.15, -0.1) is 0 Å². The van der Waals surface area contributed by atoms with Gasteiger partial charge in [0, 0.05) is 24.3 Å². The van der Waals surface area contributed by atoms with Gasteiger partial charge in [-0.2, -0.15) is 13.9 Å². The van der Waals surface area contributed by atoms with E-state index in [-0.39, 0.29) is 29.0 Å². The predicted octanol–water partition coefficient (Wildman–Crippen LogP) is 3.92. The van der Waals surface area contributed by atoms with Crippen LogP contribution in [0.5, 0.6) is 11.5 Å². The number of amides is 2. The Morgan fingerprint density at radius 2 is 1.94 bits per heavy atom. The molecule has 2 N–H and O–H groups in total. The first-order valence-corrected chi connectivity index (χ1v) is 11.4. The number of nitrogens with one attached hydrogen (secondary N) is 2. The quantitative estimate of drug-likeness (QED) is 0.478. The van der Waals surface area contributed by atoms with E-state index in [0.717, 1.165) is 18.4 Å². The number of hydrogen-bond donors (Lipinski definition) is 2. The highest BCUT2D eigenvalue weighted by Gasteiger charge is 2.31. The first kappa shape index (κ1) is 24.4. The lowest BCUT2D eigenvalue weighted by molar-refractivity contribution is -0.125. The minimum Gasteiger partial charge on any atom is -0.496 e. The van der Waals surface area contributed by atoms with E-state index >= 15 is 0 Å². The van der Waals surface area contributed by atoms with Crippen molar-refractivity contribution < 1.29 is 27.8 Å². The van der Waals surface area contributed by atoms with Gasteiger partial charge in [-0.05, 0) is 62.9 Å². The van der Waals surface area contributed by atoms with Crippen molar-refractivity contribution in [1.82, 2.24) is 20.2 Å². The number of hydrogen-bond acceptors (Lipinski definition) is 5. The van der Waals surface area contributed by atoms with Gasteiger partial charge in [0.15, 0.2) is 0 Å². The fourth-order valence-electron chi connectivity index (χ4n) is 3.89. The van der Waals surface area contributed by atoms with Gasteiger partial charge in [0.25, 0.3) is 5.91 Å². The molecular weight excluding hydrogens is 458 g/mol. The van der Waals surface area contributed by atoms with Crippen molar-refractivity contribution >= 4 is 17.3 Å². The molecule has 3 aromatic rings. The molecule has 0 spiro atoms. The second-order valence-electron chi connectivity index (χ2n) is 8.97. The predicted molar refractivity (Wildman–Crippen MR) is 126 cm³/mol. The number of fused-ring (bicyclic) bond motifs is 1. The van der Waals surface area contributed by atoms with Gasteiger partial charge < -0.3 is 20.1 Å². The molecule has 0 unspecified atom stereocenters. The number of halogens is 2. The van der Waals surface area contributed by atoms with E-state index in [1.54, 1.807) is 23.0 Å². The van der Waals surface area contributed by atoms with Gasteiger partial charge in [-0.1, -0.05) is 6.07 Å². The number of nitrogens with zero attached hydrogens (tertiary/aromatic N) is 2. The van der Waals surface area contributed by atoms with Crippen molar-refractivity contribution in [2.75, 3.05) is 13.7 Å². The van der Waals surface area contributed by atoms with Crippen LogP contribution in [0.4, 0.5) is 8.78 Å². The molecule has 1 aliphatic rings. The van der Waals surface area contributed by atoms with Crippen LogP contribution < -0.4 is 20.1 Å². The van der Waals surface area contributed by atoms with Gasteiger partial charge in [0.05, 0.1) is 24.2 Å². The molecule has 0 bridgehead atoms. The molecule has 1 saturated carbocycles. The lowest BCUT2D eigenvalue weighted by atomic mass is 9.84. The SMILES string of the molecule is CCNC(=O)C(C)(C)c1ccc2c(-c3cc(OC)c(C(=O)NC4CC4)c(OC(F)F)c3)cnn2c1. The number of ether oxygens (including phenoxy) is 2. The number of alkyl halides is 2. The second kappa shape index (κ2) is 9.52. The van der Waals surface area contributed by atoms with Crippen molar-refractivity contribution in [3.05, 3.63) is 47.8 Å². The van der Waals surface area contributed by atoms with Gasteiger partial charge in [0.2, 0.25) is 5.91 Å². The maximum atomic E-state index is 13.2. The van der Waals surface area contributed by atoms with E-state index in [1.165, 1.54) is 13.2 Å². The summed E-state index contributed by atoms with van der Waals surface area (Å²) in [6.07, 6.45) is 5.04. The number of likely N-dealkylation sites (N-methyl/N-ethyl adjacent to an activating group) is 1. The summed E-state index contributed by atoms with van der Waals surface area (Å²) in [5.74, 6) is -0.792. The van der Waals surface area contributed by atoms with Crippen LogP contribution in [-0.4, -0.2) is 47.7 Å². The van der Waals surface area contributed by atoms with Crippen LogP contribution in [0.2, 0.25) is 0 Å². The molecule has 8 nitrogen and oxygen atoms in total. The Kier molecular flexibility index (Phi) is 6.64. The Morgan fingerprint density at radius 3 is 2.57 bits per heavy atom. The number of pyridine rings is 1. The first-order valence-electron chi connectivity index (χ1n) is 11.4. The second-order valence-corrected chi connectivity index (χ2v) is 8.97. The summed E-state index contributed by atoms with van der Waals surface area (Å²) in [7, 11) is 1.37. The molecule has 186 valence electrons. The molecule has 1 aromatic carbocycles. The third kappa shape index (κ3) is 4.91. The van der Waals surface area contributed by atoms with Crippen molar-refractivity contribution in [1.29, 1.82) is 0 Å². The number of rotatable bonds is 9. The molecule has 0 saturated heterocycles. The molecule has 2 amide bonds. The van der Waals surface area contributed by atoms with Gasteiger partial charge in [-0.3, -0.25) is 9.59 Å². The van der Waals surface area contributed by atoms with Crippen LogP contribution in [0.15, 0.2) is 36.7 Å². The maximum Gasteiger partial charge on any atom is 0.387 e. The smallest absolute Gasteiger partial charge is 0.387 e. The molecule has 10 heteroatoms. The van der Waals surface area contributed by atoms with Gasteiger partial charge >= 0.3 is 6.61 Å².